The normalized spacial score (nSPS) is 10.9. The quantitative estimate of drug-likeness (QED) is 0.887. The summed E-state index contributed by atoms with van der Waals surface area (Å²) >= 11 is 1.27. The van der Waals surface area contributed by atoms with Gasteiger partial charge in [-0.2, -0.15) is 0 Å². The molecule has 0 fully saturated rings. The van der Waals surface area contributed by atoms with Gasteiger partial charge in [0.2, 0.25) is 0 Å². The first-order chi connectivity index (χ1) is 9.86. The third-order valence-corrected chi connectivity index (χ3v) is 3.79. The zero-order valence-electron chi connectivity index (χ0n) is 12.6. The average Bonchev–Trinajstić information content (AvgIpc) is 2.94. The van der Waals surface area contributed by atoms with Crippen molar-refractivity contribution in [3.05, 3.63) is 28.5 Å². The van der Waals surface area contributed by atoms with Crippen LogP contribution in [0.2, 0.25) is 0 Å². The second-order valence-electron chi connectivity index (χ2n) is 5.21. The minimum Gasteiger partial charge on any atom is -0.464 e. The first kappa shape index (κ1) is 15.4. The number of aryl methyl sites for hydroxylation is 1. The van der Waals surface area contributed by atoms with E-state index in [2.05, 4.69) is 10.3 Å². The van der Waals surface area contributed by atoms with Crippen molar-refractivity contribution in [2.75, 3.05) is 18.1 Å². The maximum absolute atomic E-state index is 12.4. The van der Waals surface area contributed by atoms with Crippen LogP contribution in [0.15, 0.2) is 16.5 Å². The molecule has 21 heavy (non-hydrogen) atoms. The lowest BCUT2D eigenvalue weighted by Gasteiger charge is -2.14. The molecule has 0 saturated heterocycles. The molecule has 7 heteroatoms. The Morgan fingerprint density at radius 2 is 2.24 bits per heavy atom. The number of carbonyl (C=O) groups excluding carboxylic acids is 1. The van der Waals surface area contributed by atoms with Gasteiger partial charge in [0.15, 0.2) is 5.13 Å². The van der Waals surface area contributed by atoms with Crippen LogP contribution in [-0.2, 0) is 6.54 Å². The van der Waals surface area contributed by atoms with Gasteiger partial charge in [-0.25, -0.2) is 4.98 Å². The van der Waals surface area contributed by atoms with Crippen molar-refractivity contribution in [1.82, 2.24) is 9.88 Å². The molecular weight excluding hydrogens is 288 g/mol. The molecule has 0 aromatic carbocycles. The predicted octanol–water partition coefficient (Wildman–Crippen LogP) is 2.72. The van der Waals surface area contributed by atoms with E-state index < -0.39 is 0 Å². The number of nitrogens with two attached hydrogens (primary N) is 1. The van der Waals surface area contributed by atoms with Gasteiger partial charge in [-0.1, -0.05) is 11.3 Å². The highest BCUT2D eigenvalue weighted by Crippen LogP contribution is 2.27. The van der Waals surface area contributed by atoms with Crippen molar-refractivity contribution >= 4 is 28.2 Å². The van der Waals surface area contributed by atoms with Crippen LogP contribution < -0.4 is 11.1 Å². The largest absolute Gasteiger partial charge is 0.464 e. The van der Waals surface area contributed by atoms with Gasteiger partial charge in [0, 0.05) is 13.1 Å². The molecule has 0 spiro atoms. The minimum absolute atomic E-state index is 0.157. The van der Waals surface area contributed by atoms with Crippen LogP contribution in [0.1, 0.15) is 35.0 Å². The molecule has 2 rings (SSSR count). The van der Waals surface area contributed by atoms with E-state index >= 15 is 0 Å². The first-order valence-electron chi connectivity index (χ1n) is 6.70. The summed E-state index contributed by atoms with van der Waals surface area (Å²) in [4.78, 5) is 18.6. The van der Waals surface area contributed by atoms with Crippen LogP contribution in [0.3, 0.4) is 0 Å². The zero-order valence-corrected chi connectivity index (χ0v) is 13.5. The molecule has 2 aromatic rings. The highest BCUT2D eigenvalue weighted by molar-refractivity contribution is 7.18. The lowest BCUT2D eigenvalue weighted by molar-refractivity contribution is 0.0780. The van der Waals surface area contributed by atoms with Gasteiger partial charge in [0.1, 0.15) is 22.2 Å². The summed E-state index contributed by atoms with van der Waals surface area (Å²) in [6, 6.07) is 3.97. The van der Waals surface area contributed by atoms with Crippen LogP contribution in [0.25, 0.3) is 0 Å². The minimum atomic E-state index is -0.157. The van der Waals surface area contributed by atoms with Crippen LogP contribution in [0.4, 0.5) is 10.9 Å². The number of thiazole rings is 1. The monoisotopic (exact) mass is 308 g/mol. The van der Waals surface area contributed by atoms with Gasteiger partial charge >= 0.3 is 0 Å². The Morgan fingerprint density at radius 1 is 1.52 bits per heavy atom. The number of nitrogens with zero attached hydrogens (tertiary/aromatic N) is 2. The number of furan rings is 1. The van der Waals surface area contributed by atoms with Gasteiger partial charge in [0.25, 0.3) is 5.91 Å². The van der Waals surface area contributed by atoms with Gasteiger partial charge in [-0.05, 0) is 32.9 Å². The van der Waals surface area contributed by atoms with E-state index in [4.69, 9.17) is 10.2 Å². The van der Waals surface area contributed by atoms with Crippen molar-refractivity contribution in [2.24, 2.45) is 0 Å². The topological polar surface area (TPSA) is 84.4 Å². The summed E-state index contributed by atoms with van der Waals surface area (Å²) < 4.78 is 5.48. The fraction of sp³-hybridized carbons (Fsp3) is 0.429. The molecule has 0 aliphatic heterocycles. The SMILES string of the molecule is Cc1ccc(CN(C)C(=O)c2sc(NC(C)C)nc2N)o1. The van der Waals surface area contributed by atoms with Crippen molar-refractivity contribution in [1.29, 1.82) is 0 Å². The van der Waals surface area contributed by atoms with Crippen molar-refractivity contribution in [3.63, 3.8) is 0 Å². The molecule has 0 radical (unpaired) electrons. The molecule has 0 bridgehead atoms. The molecule has 3 N–H and O–H groups in total. The van der Waals surface area contributed by atoms with Gasteiger partial charge in [0.05, 0.1) is 6.54 Å². The molecule has 0 aliphatic rings. The summed E-state index contributed by atoms with van der Waals surface area (Å²) in [6.07, 6.45) is 0. The third kappa shape index (κ3) is 3.75. The Kier molecular flexibility index (Phi) is 4.52. The second-order valence-corrected chi connectivity index (χ2v) is 6.21. The fourth-order valence-corrected chi connectivity index (χ4v) is 2.87. The molecule has 0 atom stereocenters. The molecule has 0 unspecified atom stereocenters. The maximum Gasteiger partial charge on any atom is 0.268 e. The highest BCUT2D eigenvalue weighted by atomic mass is 32.1. The lowest BCUT2D eigenvalue weighted by Crippen LogP contribution is -2.25. The summed E-state index contributed by atoms with van der Waals surface area (Å²) in [6.45, 7) is 6.28. The number of carbonyl (C=O) groups is 1. The standard InChI is InChI=1S/C14H20N4O2S/c1-8(2)16-14-17-12(15)11(21-14)13(19)18(4)7-10-6-5-9(3)20-10/h5-6,8H,7,15H2,1-4H3,(H,16,17). The third-order valence-electron chi connectivity index (χ3n) is 2.80. The number of amides is 1. The van der Waals surface area contributed by atoms with Crippen LogP contribution in [0, 0.1) is 6.92 Å². The predicted molar refractivity (Wildman–Crippen MR) is 84.5 cm³/mol. The zero-order chi connectivity index (χ0) is 15.6. The Balaban J connectivity index is 2.10. The Hall–Kier alpha value is -2.02. The second kappa shape index (κ2) is 6.17. The maximum atomic E-state index is 12.4. The molecule has 2 aromatic heterocycles. The number of nitrogens with one attached hydrogen (secondary N) is 1. The van der Waals surface area contributed by atoms with E-state index in [1.54, 1.807) is 11.9 Å². The Labute approximate surface area is 128 Å². The van der Waals surface area contributed by atoms with Crippen LogP contribution in [0.5, 0.6) is 0 Å². The number of anilines is 2. The lowest BCUT2D eigenvalue weighted by atomic mass is 10.3. The number of hydrogen-bond donors (Lipinski definition) is 2. The van der Waals surface area contributed by atoms with Crippen molar-refractivity contribution in [2.45, 2.75) is 33.4 Å². The van der Waals surface area contributed by atoms with Gasteiger partial charge in [-0.15, -0.1) is 0 Å². The average molecular weight is 308 g/mol. The number of aromatic nitrogens is 1. The highest BCUT2D eigenvalue weighted by Gasteiger charge is 2.21. The van der Waals surface area contributed by atoms with E-state index in [0.717, 1.165) is 11.5 Å². The number of nitrogen functional groups attached to an aromatic ring is 1. The van der Waals surface area contributed by atoms with Crippen LogP contribution in [-0.4, -0.2) is 28.9 Å². The Morgan fingerprint density at radius 3 is 2.81 bits per heavy atom. The first-order valence-corrected chi connectivity index (χ1v) is 7.52. The van der Waals surface area contributed by atoms with E-state index in [9.17, 15) is 4.79 Å². The molecule has 114 valence electrons. The summed E-state index contributed by atoms with van der Waals surface area (Å²) in [5.74, 6) is 1.67. The molecule has 0 aliphatic carbocycles. The number of rotatable bonds is 5. The van der Waals surface area contributed by atoms with Gasteiger partial charge in [-0.3, -0.25) is 4.79 Å². The summed E-state index contributed by atoms with van der Waals surface area (Å²) in [7, 11) is 1.72. The molecule has 2 heterocycles. The van der Waals surface area contributed by atoms with E-state index in [1.165, 1.54) is 11.3 Å². The number of hydrogen-bond acceptors (Lipinski definition) is 6. The molecule has 1 amide bonds. The molecule has 0 saturated carbocycles. The van der Waals surface area contributed by atoms with Crippen molar-refractivity contribution in [3.8, 4) is 0 Å². The van der Waals surface area contributed by atoms with E-state index in [-0.39, 0.29) is 17.8 Å². The van der Waals surface area contributed by atoms with Gasteiger partial charge < -0.3 is 20.4 Å². The summed E-state index contributed by atoms with van der Waals surface area (Å²) in [5, 5.41) is 3.81. The Bertz CT molecular complexity index is 633. The fourth-order valence-electron chi connectivity index (χ4n) is 1.84. The van der Waals surface area contributed by atoms with Crippen molar-refractivity contribution < 1.29 is 9.21 Å². The van der Waals surface area contributed by atoms with E-state index in [0.29, 0.717) is 16.6 Å². The summed E-state index contributed by atoms with van der Waals surface area (Å²) in [5.41, 5.74) is 5.84. The molecular formula is C14H20N4O2S. The smallest absolute Gasteiger partial charge is 0.268 e. The van der Waals surface area contributed by atoms with Crippen LogP contribution >= 0.6 is 11.3 Å². The molecule has 6 nitrogen and oxygen atoms in total. The van der Waals surface area contributed by atoms with E-state index in [1.807, 2.05) is 32.9 Å².